The zero-order chi connectivity index (χ0) is 14.5. The molecule has 0 saturated heterocycles. The highest BCUT2D eigenvalue weighted by Gasteiger charge is 2.15. The average molecular weight is 274 g/mol. The molecule has 106 valence electrons. The predicted molar refractivity (Wildman–Crippen MR) is 74.5 cm³/mol. The molecule has 6 heteroatoms. The first-order valence-corrected chi connectivity index (χ1v) is 6.29. The number of carbonyl (C=O) groups is 1. The Morgan fingerprint density at radius 1 is 1.45 bits per heavy atom. The van der Waals surface area contributed by atoms with Crippen LogP contribution in [0.2, 0.25) is 0 Å². The SMILES string of the molecule is Cc1cc(CN(C)Cc2ccccn2)oc1C(=O)NN. The van der Waals surface area contributed by atoms with Crippen LogP contribution in [0, 0.1) is 6.92 Å². The lowest BCUT2D eigenvalue weighted by atomic mass is 10.2. The number of hydrazine groups is 1. The Labute approximate surface area is 117 Å². The van der Waals surface area contributed by atoms with Gasteiger partial charge in [-0.25, -0.2) is 5.84 Å². The van der Waals surface area contributed by atoms with Crippen molar-refractivity contribution in [3.63, 3.8) is 0 Å². The lowest BCUT2D eigenvalue weighted by Crippen LogP contribution is -2.30. The van der Waals surface area contributed by atoms with Crippen LogP contribution < -0.4 is 11.3 Å². The number of carbonyl (C=O) groups excluding carboxylic acids is 1. The van der Waals surface area contributed by atoms with E-state index in [9.17, 15) is 4.79 Å². The van der Waals surface area contributed by atoms with Crippen LogP contribution in [0.25, 0.3) is 0 Å². The molecule has 0 aliphatic carbocycles. The highest BCUT2D eigenvalue weighted by Crippen LogP contribution is 2.16. The number of aryl methyl sites for hydroxylation is 1. The van der Waals surface area contributed by atoms with Crippen LogP contribution in [0.1, 0.15) is 27.6 Å². The van der Waals surface area contributed by atoms with Crippen LogP contribution in [0.4, 0.5) is 0 Å². The number of pyridine rings is 1. The summed E-state index contributed by atoms with van der Waals surface area (Å²) in [6.07, 6.45) is 1.77. The van der Waals surface area contributed by atoms with Crippen molar-refractivity contribution < 1.29 is 9.21 Å². The summed E-state index contributed by atoms with van der Waals surface area (Å²) in [4.78, 5) is 17.8. The van der Waals surface area contributed by atoms with E-state index in [1.54, 1.807) is 6.20 Å². The lowest BCUT2D eigenvalue weighted by Gasteiger charge is -2.14. The van der Waals surface area contributed by atoms with Crippen molar-refractivity contribution in [3.8, 4) is 0 Å². The minimum atomic E-state index is -0.416. The summed E-state index contributed by atoms with van der Waals surface area (Å²) in [5, 5.41) is 0. The van der Waals surface area contributed by atoms with Crippen molar-refractivity contribution in [2.45, 2.75) is 20.0 Å². The van der Waals surface area contributed by atoms with Gasteiger partial charge in [-0.05, 0) is 32.2 Å². The molecule has 2 aromatic rings. The standard InChI is InChI=1S/C14H18N4O2/c1-10-7-12(20-13(10)14(19)17-15)9-18(2)8-11-5-3-4-6-16-11/h3-7H,8-9,15H2,1-2H3,(H,17,19). The molecule has 0 radical (unpaired) electrons. The number of nitrogens with one attached hydrogen (secondary N) is 1. The molecule has 2 heterocycles. The van der Waals surface area contributed by atoms with E-state index in [4.69, 9.17) is 10.3 Å². The van der Waals surface area contributed by atoms with E-state index in [0.717, 1.165) is 17.0 Å². The largest absolute Gasteiger partial charge is 0.454 e. The quantitative estimate of drug-likeness (QED) is 0.486. The van der Waals surface area contributed by atoms with E-state index >= 15 is 0 Å². The Balaban J connectivity index is 2.01. The molecule has 0 aliphatic rings. The first-order chi connectivity index (χ1) is 9.60. The molecular weight excluding hydrogens is 256 g/mol. The summed E-state index contributed by atoms with van der Waals surface area (Å²) in [5.41, 5.74) is 3.83. The minimum absolute atomic E-state index is 0.258. The predicted octanol–water partition coefficient (Wildman–Crippen LogP) is 1.22. The van der Waals surface area contributed by atoms with Crippen LogP contribution in [-0.4, -0.2) is 22.8 Å². The fourth-order valence-electron chi connectivity index (χ4n) is 2.01. The van der Waals surface area contributed by atoms with Gasteiger partial charge in [0.15, 0.2) is 5.76 Å². The maximum atomic E-state index is 11.5. The average Bonchev–Trinajstić information content (AvgIpc) is 2.79. The summed E-state index contributed by atoms with van der Waals surface area (Å²) in [5.74, 6) is 5.67. The number of amides is 1. The molecule has 0 saturated carbocycles. The summed E-state index contributed by atoms with van der Waals surface area (Å²) in [6, 6.07) is 7.66. The number of hydrogen-bond acceptors (Lipinski definition) is 5. The van der Waals surface area contributed by atoms with Gasteiger partial charge in [-0.2, -0.15) is 0 Å². The van der Waals surface area contributed by atoms with Gasteiger partial charge in [-0.1, -0.05) is 6.07 Å². The molecule has 0 unspecified atom stereocenters. The number of furan rings is 1. The molecule has 2 aromatic heterocycles. The van der Waals surface area contributed by atoms with Crippen molar-refractivity contribution in [1.29, 1.82) is 0 Å². The minimum Gasteiger partial charge on any atom is -0.454 e. The first kappa shape index (κ1) is 14.2. The fourth-order valence-corrected chi connectivity index (χ4v) is 2.01. The Morgan fingerprint density at radius 3 is 2.90 bits per heavy atom. The number of nitrogen functional groups attached to an aromatic ring is 1. The Morgan fingerprint density at radius 2 is 2.25 bits per heavy atom. The van der Waals surface area contributed by atoms with Gasteiger partial charge in [0.1, 0.15) is 5.76 Å². The fraction of sp³-hybridized carbons (Fsp3) is 0.286. The topological polar surface area (TPSA) is 84.4 Å². The van der Waals surface area contributed by atoms with E-state index in [0.29, 0.717) is 13.1 Å². The second-order valence-electron chi connectivity index (χ2n) is 4.69. The maximum absolute atomic E-state index is 11.5. The second-order valence-corrected chi connectivity index (χ2v) is 4.69. The molecular formula is C14H18N4O2. The number of aromatic nitrogens is 1. The molecule has 0 fully saturated rings. The number of nitrogens with zero attached hydrogens (tertiary/aromatic N) is 2. The summed E-state index contributed by atoms with van der Waals surface area (Å²) >= 11 is 0. The molecule has 0 spiro atoms. The molecule has 0 aromatic carbocycles. The Bertz CT molecular complexity index is 580. The third kappa shape index (κ3) is 3.43. The van der Waals surface area contributed by atoms with Gasteiger partial charge in [0, 0.05) is 18.3 Å². The summed E-state index contributed by atoms with van der Waals surface area (Å²) in [6.45, 7) is 3.12. The monoisotopic (exact) mass is 274 g/mol. The third-order valence-electron chi connectivity index (χ3n) is 2.89. The molecule has 6 nitrogen and oxygen atoms in total. The first-order valence-electron chi connectivity index (χ1n) is 6.29. The highest BCUT2D eigenvalue weighted by atomic mass is 16.4. The van der Waals surface area contributed by atoms with Crippen molar-refractivity contribution in [1.82, 2.24) is 15.3 Å². The van der Waals surface area contributed by atoms with Crippen LogP contribution in [0.5, 0.6) is 0 Å². The maximum Gasteiger partial charge on any atom is 0.301 e. The Kier molecular flexibility index (Phi) is 4.49. The summed E-state index contributed by atoms with van der Waals surface area (Å²) < 4.78 is 5.52. The molecule has 0 bridgehead atoms. The van der Waals surface area contributed by atoms with Gasteiger partial charge in [0.2, 0.25) is 0 Å². The number of nitrogens with two attached hydrogens (primary N) is 1. The van der Waals surface area contributed by atoms with Crippen LogP contribution in [-0.2, 0) is 13.1 Å². The molecule has 1 amide bonds. The van der Waals surface area contributed by atoms with Gasteiger partial charge < -0.3 is 4.42 Å². The molecule has 20 heavy (non-hydrogen) atoms. The van der Waals surface area contributed by atoms with Gasteiger partial charge in [0.25, 0.3) is 0 Å². The molecule has 2 rings (SSSR count). The van der Waals surface area contributed by atoms with E-state index in [1.807, 2.05) is 38.2 Å². The van der Waals surface area contributed by atoms with Crippen LogP contribution in [0.15, 0.2) is 34.9 Å². The van der Waals surface area contributed by atoms with Gasteiger partial charge in [-0.15, -0.1) is 0 Å². The van der Waals surface area contributed by atoms with E-state index in [-0.39, 0.29) is 5.76 Å². The smallest absolute Gasteiger partial charge is 0.301 e. The Hall–Kier alpha value is -2.18. The van der Waals surface area contributed by atoms with Crippen molar-refractivity contribution in [2.75, 3.05) is 7.05 Å². The molecule has 3 N–H and O–H groups in total. The normalized spacial score (nSPS) is 10.8. The van der Waals surface area contributed by atoms with Gasteiger partial charge >= 0.3 is 5.91 Å². The van der Waals surface area contributed by atoms with Gasteiger partial charge in [-0.3, -0.25) is 20.1 Å². The van der Waals surface area contributed by atoms with Crippen molar-refractivity contribution in [2.24, 2.45) is 5.84 Å². The third-order valence-corrected chi connectivity index (χ3v) is 2.89. The van der Waals surface area contributed by atoms with Crippen LogP contribution >= 0.6 is 0 Å². The van der Waals surface area contributed by atoms with Gasteiger partial charge in [0.05, 0.1) is 12.2 Å². The summed E-state index contributed by atoms with van der Waals surface area (Å²) in [7, 11) is 1.97. The zero-order valence-corrected chi connectivity index (χ0v) is 11.6. The van der Waals surface area contributed by atoms with Crippen molar-refractivity contribution in [3.05, 3.63) is 53.2 Å². The number of rotatable bonds is 5. The van der Waals surface area contributed by atoms with Crippen molar-refractivity contribution >= 4 is 5.91 Å². The second kappa shape index (κ2) is 6.31. The number of hydrogen-bond donors (Lipinski definition) is 2. The van der Waals surface area contributed by atoms with Crippen LogP contribution in [0.3, 0.4) is 0 Å². The van der Waals surface area contributed by atoms with E-state index < -0.39 is 5.91 Å². The molecule has 0 atom stereocenters. The van der Waals surface area contributed by atoms with E-state index in [1.165, 1.54) is 0 Å². The van der Waals surface area contributed by atoms with E-state index in [2.05, 4.69) is 15.3 Å². The lowest BCUT2D eigenvalue weighted by molar-refractivity contribution is 0.0921. The zero-order valence-electron chi connectivity index (χ0n) is 11.6. The highest BCUT2D eigenvalue weighted by molar-refractivity contribution is 5.92. The molecule has 0 aliphatic heterocycles.